The minimum Gasteiger partial charge on any atom is -0.454 e. The first kappa shape index (κ1) is 18.6. The third kappa shape index (κ3) is 3.06. The Hall–Kier alpha value is -1.18. The van der Waals surface area contributed by atoms with Crippen LogP contribution in [0.4, 0.5) is 0 Å². The normalized spacial score (nSPS) is 38.2. The molecule has 0 bridgehead atoms. The summed E-state index contributed by atoms with van der Waals surface area (Å²) in [6, 6.07) is 0. The molecule has 0 saturated carbocycles. The van der Waals surface area contributed by atoms with E-state index in [4.69, 9.17) is 23.7 Å². The Bertz CT molecular complexity index is 558. The molecule has 0 spiro atoms. The molecule has 7 nitrogen and oxygen atoms in total. The summed E-state index contributed by atoms with van der Waals surface area (Å²) >= 11 is 0. The van der Waals surface area contributed by atoms with Gasteiger partial charge in [-0.15, -0.1) is 0 Å². The molecule has 6 unspecified atom stereocenters. The largest absolute Gasteiger partial charge is 0.454 e. The molecular formula is C18H28O7. The molecule has 0 aromatic carbocycles. The van der Waals surface area contributed by atoms with Gasteiger partial charge in [0.05, 0.1) is 5.41 Å². The van der Waals surface area contributed by atoms with Crippen molar-refractivity contribution in [3.63, 3.8) is 0 Å². The first-order valence-electron chi connectivity index (χ1n) is 9.02. The average Bonchev–Trinajstić information content (AvgIpc) is 3.07. The minimum absolute atomic E-state index is 0.0875. The molecule has 0 radical (unpaired) electrons. The summed E-state index contributed by atoms with van der Waals surface area (Å²) in [5.74, 6) is -1.68. The van der Waals surface area contributed by atoms with Gasteiger partial charge in [-0.05, 0) is 33.1 Å². The number of carbonyl (C=O) groups excluding carboxylic acids is 2. The lowest BCUT2D eigenvalue weighted by Gasteiger charge is -2.32. The molecule has 6 atom stereocenters. The molecule has 3 heterocycles. The third-order valence-corrected chi connectivity index (χ3v) is 5.55. The molecule has 0 N–H and O–H groups in total. The fraction of sp³-hybridized carbons (Fsp3) is 0.889. The number of carbonyl (C=O) groups is 2. The summed E-state index contributed by atoms with van der Waals surface area (Å²) < 4.78 is 28.2. The zero-order chi connectivity index (χ0) is 18.6. The lowest BCUT2D eigenvalue weighted by molar-refractivity contribution is -0.218. The van der Waals surface area contributed by atoms with E-state index in [0.29, 0.717) is 6.42 Å². The van der Waals surface area contributed by atoms with Crippen LogP contribution in [0, 0.1) is 11.3 Å². The Kier molecular flexibility index (Phi) is 4.62. The minimum atomic E-state index is -1.08. The van der Waals surface area contributed by atoms with Gasteiger partial charge in [0.15, 0.2) is 24.3 Å². The topological polar surface area (TPSA) is 80.3 Å². The van der Waals surface area contributed by atoms with E-state index in [0.717, 1.165) is 6.42 Å². The molecule has 0 aromatic rings. The fourth-order valence-corrected chi connectivity index (χ4v) is 3.73. The zero-order valence-electron chi connectivity index (χ0n) is 15.7. The van der Waals surface area contributed by atoms with E-state index in [9.17, 15) is 9.59 Å². The van der Waals surface area contributed by atoms with Crippen LogP contribution in [0.1, 0.15) is 54.4 Å². The molecule has 3 aliphatic rings. The Labute approximate surface area is 148 Å². The van der Waals surface area contributed by atoms with Crippen LogP contribution in [-0.2, 0) is 33.3 Å². The van der Waals surface area contributed by atoms with Crippen molar-refractivity contribution in [2.45, 2.75) is 90.9 Å². The van der Waals surface area contributed by atoms with Gasteiger partial charge in [0.25, 0.3) is 0 Å². The second kappa shape index (κ2) is 6.21. The molecular weight excluding hydrogens is 328 g/mol. The first-order chi connectivity index (χ1) is 11.6. The van der Waals surface area contributed by atoms with Gasteiger partial charge in [-0.1, -0.05) is 27.2 Å². The maximum absolute atomic E-state index is 12.8. The van der Waals surface area contributed by atoms with Crippen LogP contribution in [-0.4, -0.2) is 48.4 Å². The highest BCUT2D eigenvalue weighted by atomic mass is 16.8. The van der Waals surface area contributed by atoms with Crippen LogP contribution < -0.4 is 0 Å². The second-order valence-corrected chi connectivity index (χ2v) is 8.12. The van der Waals surface area contributed by atoms with E-state index >= 15 is 0 Å². The Morgan fingerprint density at radius 3 is 2.52 bits per heavy atom. The van der Waals surface area contributed by atoms with Gasteiger partial charge >= 0.3 is 11.9 Å². The monoisotopic (exact) mass is 356 g/mol. The van der Waals surface area contributed by atoms with E-state index in [1.165, 1.54) is 0 Å². The Balaban J connectivity index is 1.72. The van der Waals surface area contributed by atoms with Crippen molar-refractivity contribution in [3.05, 3.63) is 0 Å². The molecule has 25 heavy (non-hydrogen) atoms. The number of hydrogen-bond donors (Lipinski definition) is 0. The molecule has 3 aliphatic heterocycles. The molecule has 3 saturated heterocycles. The maximum atomic E-state index is 12.8. The van der Waals surface area contributed by atoms with Crippen LogP contribution >= 0.6 is 0 Å². The summed E-state index contributed by atoms with van der Waals surface area (Å²) in [6.45, 7) is 11.4. The highest BCUT2D eigenvalue weighted by Crippen LogP contribution is 2.44. The number of esters is 2. The fourth-order valence-electron chi connectivity index (χ4n) is 3.73. The molecule has 3 fully saturated rings. The summed E-state index contributed by atoms with van der Waals surface area (Å²) in [4.78, 5) is 25.0. The number of ether oxygens (including phenoxy) is 5. The van der Waals surface area contributed by atoms with Crippen LogP contribution in [0.15, 0.2) is 0 Å². The van der Waals surface area contributed by atoms with Gasteiger partial charge in [-0.2, -0.15) is 0 Å². The van der Waals surface area contributed by atoms with Gasteiger partial charge in [0.1, 0.15) is 6.10 Å². The Morgan fingerprint density at radius 1 is 1.24 bits per heavy atom. The van der Waals surface area contributed by atoms with Gasteiger partial charge in [-0.25, -0.2) is 4.79 Å². The molecule has 0 amide bonds. The number of rotatable bonds is 5. The van der Waals surface area contributed by atoms with Crippen molar-refractivity contribution in [2.75, 3.05) is 0 Å². The van der Waals surface area contributed by atoms with Crippen LogP contribution in [0.3, 0.4) is 0 Å². The van der Waals surface area contributed by atoms with Crippen molar-refractivity contribution in [1.29, 1.82) is 0 Å². The van der Waals surface area contributed by atoms with Gasteiger partial charge in [0, 0.05) is 0 Å². The summed E-state index contributed by atoms with van der Waals surface area (Å²) in [7, 11) is 0. The van der Waals surface area contributed by atoms with Crippen molar-refractivity contribution >= 4 is 11.9 Å². The quantitative estimate of drug-likeness (QED) is 0.698. The standard InChI is InChI=1S/C18H28O7/c1-7-8-18(6,9(2)3)16(20)23-12-10-11(21-14(12)19)13-15(22-10)25-17(4,5)24-13/h9-13,15H,7-8H2,1-6H3. The van der Waals surface area contributed by atoms with Crippen LogP contribution in [0.25, 0.3) is 0 Å². The molecule has 0 aromatic heterocycles. The van der Waals surface area contributed by atoms with E-state index in [1.54, 1.807) is 13.8 Å². The molecule has 7 heteroatoms. The highest BCUT2D eigenvalue weighted by Gasteiger charge is 2.64. The zero-order valence-corrected chi connectivity index (χ0v) is 15.7. The maximum Gasteiger partial charge on any atom is 0.350 e. The predicted octanol–water partition coefficient (Wildman–Crippen LogP) is 2.16. The van der Waals surface area contributed by atoms with Crippen molar-refractivity contribution in [1.82, 2.24) is 0 Å². The van der Waals surface area contributed by atoms with Gasteiger partial charge in [0.2, 0.25) is 6.10 Å². The SMILES string of the molecule is CCCC(C)(C(=O)OC1C(=O)OC2C3OC(C)(C)OC3OC12)C(C)C. The van der Waals surface area contributed by atoms with E-state index < -0.39 is 53.8 Å². The van der Waals surface area contributed by atoms with Gasteiger partial charge in [-0.3, -0.25) is 4.79 Å². The average molecular weight is 356 g/mol. The molecule has 0 aliphatic carbocycles. The van der Waals surface area contributed by atoms with E-state index in [-0.39, 0.29) is 5.92 Å². The number of hydrogen-bond acceptors (Lipinski definition) is 7. The lowest BCUT2D eigenvalue weighted by atomic mass is 9.75. The summed E-state index contributed by atoms with van der Waals surface area (Å²) in [5.41, 5.74) is -0.656. The Morgan fingerprint density at radius 2 is 1.92 bits per heavy atom. The van der Waals surface area contributed by atoms with Crippen molar-refractivity contribution < 1.29 is 33.3 Å². The first-order valence-corrected chi connectivity index (χ1v) is 9.02. The second-order valence-electron chi connectivity index (χ2n) is 8.12. The number of fused-ring (bicyclic) bond motifs is 3. The summed E-state index contributed by atoms with van der Waals surface area (Å²) in [5, 5.41) is 0. The summed E-state index contributed by atoms with van der Waals surface area (Å²) in [6.07, 6.45) is -1.97. The third-order valence-electron chi connectivity index (χ3n) is 5.55. The lowest BCUT2D eigenvalue weighted by Crippen LogP contribution is -2.42. The van der Waals surface area contributed by atoms with Crippen molar-refractivity contribution in [2.24, 2.45) is 11.3 Å². The van der Waals surface area contributed by atoms with Gasteiger partial charge < -0.3 is 23.7 Å². The molecule has 3 rings (SSSR count). The van der Waals surface area contributed by atoms with E-state index in [2.05, 4.69) is 0 Å². The highest BCUT2D eigenvalue weighted by molar-refractivity contribution is 5.84. The van der Waals surface area contributed by atoms with E-state index in [1.807, 2.05) is 27.7 Å². The van der Waals surface area contributed by atoms with Crippen LogP contribution in [0.5, 0.6) is 0 Å². The van der Waals surface area contributed by atoms with Crippen molar-refractivity contribution in [3.8, 4) is 0 Å². The molecule has 142 valence electrons. The predicted molar refractivity (Wildman–Crippen MR) is 86.3 cm³/mol. The smallest absolute Gasteiger partial charge is 0.350 e. The van der Waals surface area contributed by atoms with Crippen LogP contribution in [0.2, 0.25) is 0 Å².